The largest absolute Gasteiger partial charge is 0.382 e. The summed E-state index contributed by atoms with van der Waals surface area (Å²) < 4.78 is 58.4. The van der Waals surface area contributed by atoms with Gasteiger partial charge in [-0.1, -0.05) is 38.2 Å². The average Bonchev–Trinajstić information content (AvgIpc) is 1.24. The molecule has 0 saturated carbocycles. The smallest absolute Gasteiger partial charge is 0.189 e. The molecule has 2 aromatic carbocycles. The van der Waals surface area contributed by atoms with Gasteiger partial charge in [0.05, 0.1) is 22.0 Å². The second-order valence-corrected chi connectivity index (χ2v) is 446. The van der Waals surface area contributed by atoms with Crippen LogP contribution in [0, 0.1) is 5.82 Å². The van der Waals surface area contributed by atoms with Crippen molar-refractivity contribution in [1.82, 2.24) is 20.4 Å². The predicted molar refractivity (Wildman–Crippen MR) is 985 cm³/mol. The van der Waals surface area contributed by atoms with Crippen LogP contribution in [0.5, 0.6) is 0 Å². The fraction of sp³-hybridized carbons (Fsp3) is 0.296. The summed E-state index contributed by atoms with van der Waals surface area (Å²) in [5, 5.41) is 6.41. The van der Waals surface area contributed by atoms with E-state index in [-0.39, 0.29) is 60.9 Å². The lowest BCUT2D eigenvalue weighted by molar-refractivity contribution is 0.344. The number of alkyl halides is 1. The lowest BCUT2D eigenvalue weighted by atomic mass is 10.1. The molecule has 4 rings (SSSR count). The van der Waals surface area contributed by atoms with Gasteiger partial charge in [-0.05, 0) is 392 Å². The third-order valence-corrected chi connectivity index (χ3v) is 736. The summed E-state index contributed by atoms with van der Waals surface area (Å²) in [6.07, 6.45) is 0.998. The fourth-order valence-corrected chi connectivity index (χ4v) is 1520. The van der Waals surface area contributed by atoms with Gasteiger partial charge in [0.2, 0.25) is 0 Å². The van der Waals surface area contributed by atoms with Crippen LogP contribution < -0.4 is 11.1 Å². The van der Waals surface area contributed by atoms with Gasteiger partial charge in [-0.25, -0.2) is 27.2 Å². The number of aromatic nitrogens is 3. The van der Waals surface area contributed by atoms with Crippen molar-refractivity contribution in [3.05, 3.63) is 66.1 Å². The van der Waals surface area contributed by atoms with Crippen LogP contribution in [-0.4, -0.2) is 41.5 Å². The Balaban J connectivity index is 0.00000107. The summed E-state index contributed by atoms with van der Waals surface area (Å²) in [6.45, 7) is -16.7. The molecule has 0 saturated heterocycles. The Labute approximate surface area is 1010 Å². The third kappa shape index (κ3) is 56.8. The highest BCUT2D eigenvalue weighted by molar-refractivity contribution is 9.61. The van der Waals surface area contributed by atoms with Crippen LogP contribution in [0.2, 0.25) is 0 Å². The maximum Gasteiger partial charge on any atom is 0.189 e. The van der Waals surface area contributed by atoms with Crippen molar-refractivity contribution in [2.24, 2.45) is 0 Å². The van der Waals surface area contributed by atoms with E-state index in [1.165, 1.54) is 25.3 Å². The van der Waals surface area contributed by atoms with E-state index in [0.29, 0.717) is 29.8 Å². The first-order chi connectivity index (χ1) is 64.1. The fourth-order valence-electron chi connectivity index (χ4n) is 10.0. The van der Waals surface area contributed by atoms with Gasteiger partial charge in [-0.15, -0.1) is 455 Å². The van der Waals surface area contributed by atoms with Crippen molar-refractivity contribution in [1.29, 1.82) is 0 Å². The Bertz CT molecular complexity index is 3870. The average molecular weight is 3770 g/mol. The molecule has 0 aliphatic carbocycles. The molecule has 0 fully saturated rings. The molecule has 0 aliphatic rings. The molecular formula is C27H132F2N5O3P101S. The van der Waals surface area contributed by atoms with Crippen molar-refractivity contribution in [2.75, 3.05) is 12.3 Å². The zero-order valence-corrected chi connectivity index (χ0v) is 178. The van der Waals surface area contributed by atoms with Gasteiger partial charge in [-0.3, -0.25) is 0 Å². The van der Waals surface area contributed by atoms with Gasteiger partial charge in [0.15, 0.2) is 27.1 Å². The third-order valence-electron chi connectivity index (χ3n) is 15.2. The van der Waals surface area contributed by atoms with Crippen LogP contribution in [0.3, 0.4) is 0 Å². The van der Waals surface area contributed by atoms with Gasteiger partial charge >= 0.3 is 0 Å². The molecule has 58 unspecified atom stereocenters. The van der Waals surface area contributed by atoms with Crippen molar-refractivity contribution < 1.29 is 21.7 Å². The minimum Gasteiger partial charge on any atom is -0.382 e. The maximum absolute atomic E-state index is 14.8. The Morgan fingerprint density at radius 2 is 0.612 bits per heavy atom. The number of rotatable bonds is 59. The summed E-state index contributed by atoms with van der Waals surface area (Å²) in [6, 6.07) is 12.6. The Morgan fingerprint density at radius 3 is 0.842 bits per heavy atom. The van der Waals surface area contributed by atoms with Gasteiger partial charge in [0.25, 0.3) is 0 Å². The standard InChI is InChI=1S/C27H29F2N5O3S.H103P101/c1-4-17(3)38(35,36)20-8-6-19(7-9-20)24-15-32-27(30)26(33-24)25-12-23(34-37-25)21-10-5-18(11-22(21)29)14-31-13-16(2)28;1-52-78(53(2)3)91(79(54(4)5)55(6)7)97(90(76(48)49)77(50)51)100(96(88(72(40)41)73(42)43)89(74(44)45)75(46)47)101(98(92(80(56(8)9)57(10)11)81(58(12)13)59(14)15)93(82(60(16)17)61(18)19)83(62(20)21)63(22)23)99(94(84(64(24)25)65(26)27)85(66(28)29)67(30)31)95(86(68(32)33)69(34)35)87(70(36)37)71(38)39/h5-12,15-17,31H,4,13-14H2,1-3H3,(H2,30,32);52H,1-51H2. The highest BCUT2D eigenvalue weighted by Gasteiger charge is 2.68. The van der Waals surface area contributed by atoms with Crippen LogP contribution in [0.1, 0.15) is 32.8 Å². The van der Waals surface area contributed by atoms with Crippen LogP contribution in [0.4, 0.5) is 14.6 Å². The van der Waals surface area contributed by atoms with Gasteiger partial charge in [-0.2, -0.15) is 0 Å². The van der Waals surface area contributed by atoms with Gasteiger partial charge < -0.3 is 15.6 Å². The predicted octanol–water partition coefficient (Wildman–Crippen LogP) is 64.6. The number of nitrogens with two attached hydrogens (primary N) is 1. The molecular weight excluding hydrogens is 3640 g/mol. The summed E-state index contributed by atoms with van der Waals surface area (Å²) in [7, 11) is 192. The lowest BCUT2D eigenvalue weighted by Crippen LogP contribution is -2.21. The highest BCUT2D eigenvalue weighted by atomic mass is 33.7. The number of anilines is 1. The van der Waals surface area contributed by atoms with Crippen LogP contribution in [0.25, 0.3) is 34.0 Å². The zero-order chi connectivity index (χ0) is 107. The quantitative estimate of drug-likeness (QED) is 0.0419. The summed E-state index contributed by atoms with van der Waals surface area (Å²) in [4.78, 5) is 8.98. The lowest BCUT2D eigenvalue weighted by Gasteiger charge is -2.64. The molecule has 112 heteroatoms. The van der Waals surface area contributed by atoms with E-state index in [1.54, 1.807) is 43.3 Å². The first kappa shape index (κ1) is 173. The molecule has 0 spiro atoms. The number of nitrogen functional groups attached to an aromatic ring is 1. The molecule has 0 bridgehead atoms. The van der Waals surface area contributed by atoms with Crippen molar-refractivity contribution in [3.63, 3.8) is 0 Å². The SMILES string of the molecule is CCC(C)S(=O)(=O)c1ccc(-c2cnc(N)c(-c3cc(-c4ccc(CNCC(C)F)cc4F)no3)n2)cc1.PPP(P(P)P)P(P(P(P)P)P(P)P)P(P(P(P)P)P(P)P)P(P(P(P(P)P)P(P)P)P(P(P)P)P(P)P)P(P(P(P(P(P)P)P(P)P)P(P(P)P)P(P)P)P(P(P(P)P)P(P)P)P(P(P)P)P(P)P)P(P(P(P(P)P)P(P)P)P(P(P)P)P(P)P)P(P(P(P)P)P(P)P)P(P(P)P)P(P)P. The number of sulfone groups is 1. The monoisotopic (exact) mass is 3770 g/mol. The Morgan fingerprint density at radius 1 is 0.360 bits per heavy atom. The molecule has 0 aliphatic heterocycles. The first-order valence-corrected chi connectivity index (χ1v) is 221. The molecule has 2 aromatic heterocycles. The molecule has 0 radical (unpaired) electrons. The number of nitrogens with zero attached hydrogens (tertiary/aromatic N) is 3. The number of nitrogens with one attached hydrogen (secondary N) is 1. The summed E-state index contributed by atoms with van der Waals surface area (Å²) >= 11 is 0. The number of hydrogen-bond acceptors (Lipinski definition) is 8. The van der Waals surface area contributed by atoms with Crippen molar-refractivity contribution in [2.45, 2.75) is 50.1 Å². The van der Waals surface area contributed by atoms with E-state index in [1.807, 2.05) is 6.92 Å². The number of halogens is 2. The topological polar surface area (TPSA) is 124 Å². The molecule has 139 heavy (non-hydrogen) atoms. The van der Waals surface area contributed by atoms with Crippen LogP contribution in [-0.2, 0) is 16.4 Å². The van der Waals surface area contributed by atoms with E-state index in [9.17, 15) is 17.2 Å². The van der Waals surface area contributed by atoms with E-state index in [4.69, 9.17) is 10.3 Å². The number of benzene rings is 2. The number of hydrogen-bond donors (Lipinski definition) is 2. The summed E-state index contributed by atoms with van der Waals surface area (Å²) in [5.41, 5.74) is 8.50. The highest BCUT2D eigenvalue weighted by Crippen LogP contribution is 3.55. The van der Waals surface area contributed by atoms with E-state index in [2.05, 4.69) is 476 Å². The van der Waals surface area contributed by atoms with Crippen molar-refractivity contribution in [3.8, 4) is 34.0 Å². The first-order valence-electron chi connectivity index (χ1n) is 35.2. The molecule has 0 amide bonds. The molecule has 58 atom stereocenters. The molecule has 3 N–H and O–H groups in total. The zero-order valence-electron chi connectivity index (χ0n) is 73.1. The van der Waals surface area contributed by atoms with Crippen LogP contribution in [0.15, 0.2) is 64.1 Å². The van der Waals surface area contributed by atoms with Crippen LogP contribution >= 0.6 is 806 Å². The molecule has 8 nitrogen and oxygen atoms in total. The second kappa shape index (κ2) is 91.2. The van der Waals surface area contributed by atoms with Gasteiger partial charge in [0.1, 0.15) is 17.7 Å². The summed E-state index contributed by atoms with van der Waals surface area (Å²) in [5.74, 6) is -0.209. The molecule has 4 aromatic rings. The van der Waals surface area contributed by atoms with E-state index in [0.717, 1.165) is 7.96 Å². The molecule has 808 valence electrons. The van der Waals surface area contributed by atoms with Gasteiger partial charge in [0, 0.05) is 30.3 Å². The Hall–Kier alpha value is 39.7. The second-order valence-electron chi connectivity index (χ2n) is 25.2. The Kier molecular flexibility index (Phi) is 113. The van der Waals surface area contributed by atoms with Crippen molar-refractivity contribution >= 4 is 821 Å². The van der Waals surface area contributed by atoms with E-state index >= 15 is 0 Å². The normalized spacial score (nSPS) is 15.2. The maximum atomic E-state index is 14.8. The molecule has 2 heterocycles. The minimum atomic E-state index is -3.41. The van der Waals surface area contributed by atoms with E-state index < -0.39 is 348 Å². The minimum absolute atomic E-state index is 0.0939.